The average Bonchev–Trinajstić information content (AvgIpc) is 2.49. The molecule has 1 aromatic rings. The molecule has 2 saturated heterocycles. The quantitative estimate of drug-likeness (QED) is 0.846. The first-order chi connectivity index (χ1) is 10.2. The number of hydrogen-bond donors (Lipinski definition) is 0. The van der Waals surface area contributed by atoms with Crippen LogP contribution in [0.1, 0.15) is 12.8 Å². The van der Waals surface area contributed by atoms with Gasteiger partial charge in [0.2, 0.25) is 0 Å². The highest BCUT2D eigenvalue weighted by Crippen LogP contribution is 2.30. The number of nitrogens with zero attached hydrogens (tertiary/aromatic N) is 3. The van der Waals surface area contributed by atoms with E-state index in [1.165, 1.54) is 25.1 Å². The maximum absolute atomic E-state index is 6.34. The highest BCUT2D eigenvalue weighted by molar-refractivity contribution is 5.58. The van der Waals surface area contributed by atoms with Gasteiger partial charge in [0.05, 0.1) is 5.69 Å². The molecule has 0 N–H and O–H groups in total. The maximum Gasteiger partial charge on any atom is 0.143 e. The summed E-state index contributed by atoms with van der Waals surface area (Å²) in [4.78, 5) is 7.21. The molecule has 1 aromatic carbocycles. The molecule has 0 amide bonds. The molecule has 1 unspecified atom stereocenters. The third-order valence-corrected chi connectivity index (χ3v) is 4.58. The van der Waals surface area contributed by atoms with Gasteiger partial charge in [-0.25, -0.2) is 0 Å². The van der Waals surface area contributed by atoms with Crippen LogP contribution < -0.4 is 9.64 Å². The second-order valence-corrected chi connectivity index (χ2v) is 6.40. The number of benzene rings is 1. The van der Waals surface area contributed by atoms with Crippen LogP contribution in [-0.4, -0.2) is 69.3 Å². The lowest BCUT2D eigenvalue weighted by Gasteiger charge is -2.36. The number of piperidine rings is 1. The zero-order chi connectivity index (χ0) is 14.7. The Labute approximate surface area is 128 Å². The van der Waals surface area contributed by atoms with Crippen LogP contribution in [0.2, 0.25) is 0 Å². The van der Waals surface area contributed by atoms with E-state index in [9.17, 15) is 0 Å². The Hall–Kier alpha value is -1.26. The summed E-state index contributed by atoms with van der Waals surface area (Å²) in [5.74, 6) is 1.06. The van der Waals surface area contributed by atoms with Crippen molar-refractivity contribution in [3.8, 4) is 5.75 Å². The molecule has 3 rings (SSSR count). The highest BCUT2D eigenvalue weighted by atomic mass is 16.5. The minimum atomic E-state index is 0.331. The van der Waals surface area contributed by atoms with E-state index in [4.69, 9.17) is 4.74 Å². The van der Waals surface area contributed by atoms with E-state index in [1.54, 1.807) is 0 Å². The summed E-state index contributed by atoms with van der Waals surface area (Å²) in [6, 6.07) is 8.53. The molecule has 0 bridgehead atoms. The SMILES string of the molecule is CN1CCN(c2ccccc2OC2CCCN(C)C2)CC1. The fraction of sp³-hybridized carbons (Fsp3) is 0.647. The lowest BCUT2D eigenvalue weighted by Crippen LogP contribution is -2.45. The fourth-order valence-electron chi connectivity index (χ4n) is 3.26. The summed E-state index contributed by atoms with van der Waals surface area (Å²) < 4.78 is 6.34. The topological polar surface area (TPSA) is 19.0 Å². The minimum Gasteiger partial charge on any atom is -0.487 e. The van der Waals surface area contributed by atoms with E-state index in [1.807, 2.05) is 0 Å². The van der Waals surface area contributed by atoms with E-state index in [2.05, 4.69) is 53.1 Å². The number of anilines is 1. The molecule has 21 heavy (non-hydrogen) atoms. The highest BCUT2D eigenvalue weighted by Gasteiger charge is 2.22. The number of likely N-dealkylation sites (N-methyl/N-ethyl adjacent to an activating group) is 2. The van der Waals surface area contributed by atoms with Crippen molar-refractivity contribution < 1.29 is 4.74 Å². The molecule has 0 saturated carbocycles. The number of rotatable bonds is 3. The molecule has 2 heterocycles. The van der Waals surface area contributed by atoms with Crippen LogP contribution in [0.4, 0.5) is 5.69 Å². The first-order valence-electron chi connectivity index (χ1n) is 8.10. The predicted octanol–water partition coefficient (Wildman–Crippen LogP) is 1.91. The largest absolute Gasteiger partial charge is 0.487 e. The fourth-order valence-corrected chi connectivity index (χ4v) is 3.26. The van der Waals surface area contributed by atoms with Crippen LogP contribution in [0.25, 0.3) is 0 Å². The van der Waals surface area contributed by atoms with Gasteiger partial charge in [0.25, 0.3) is 0 Å². The molecule has 1 atom stereocenters. The van der Waals surface area contributed by atoms with Crippen LogP contribution in [0.15, 0.2) is 24.3 Å². The number of likely N-dealkylation sites (tertiary alicyclic amines) is 1. The lowest BCUT2D eigenvalue weighted by atomic mass is 10.1. The van der Waals surface area contributed by atoms with Crippen molar-refractivity contribution in [2.45, 2.75) is 18.9 Å². The molecule has 0 spiro atoms. The van der Waals surface area contributed by atoms with E-state index < -0.39 is 0 Å². The van der Waals surface area contributed by atoms with Gasteiger partial charge in [-0.05, 0) is 45.6 Å². The van der Waals surface area contributed by atoms with Gasteiger partial charge in [0, 0.05) is 32.7 Å². The maximum atomic E-state index is 6.34. The van der Waals surface area contributed by atoms with Crippen molar-refractivity contribution in [3.63, 3.8) is 0 Å². The minimum absolute atomic E-state index is 0.331. The molecule has 0 aliphatic carbocycles. The summed E-state index contributed by atoms with van der Waals surface area (Å²) in [5.41, 5.74) is 1.26. The number of hydrogen-bond acceptors (Lipinski definition) is 4. The second-order valence-electron chi connectivity index (χ2n) is 6.40. The van der Waals surface area contributed by atoms with Crippen LogP contribution in [-0.2, 0) is 0 Å². The summed E-state index contributed by atoms with van der Waals surface area (Å²) in [6.07, 6.45) is 2.73. The normalized spacial score (nSPS) is 25.0. The summed E-state index contributed by atoms with van der Waals surface area (Å²) in [7, 11) is 4.37. The van der Waals surface area contributed by atoms with Gasteiger partial charge >= 0.3 is 0 Å². The van der Waals surface area contributed by atoms with Gasteiger partial charge in [-0.1, -0.05) is 12.1 Å². The molecular formula is C17H27N3O. The number of ether oxygens (including phenoxy) is 1. The van der Waals surface area contributed by atoms with Crippen molar-refractivity contribution in [2.24, 2.45) is 0 Å². The first-order valence-corrected chi connectivity index (χ1v) is 8.10. The summed E-state index contributed by atoms with van der Waals surface area (Å²) >= 11 is 0. The third kappa shape index (κ3) is 3.69. The Bertz CT molecular complexity index is 457. The summed E-state index contributed by atoms with van der Waals surface area (Å²) in [6.45, 7) is 6.65. The Morgan fingerprint density at radius 2 is 1.71 bits per heavy atom. The van der Waals surface area contributed by atoms with Gasteiger partial charge in [0.15, 0.2) is 0 Å². The molecule has 4 heteroatoms. The molecule has 2 aliphatic rings. The van der Waals surface area contributed by atoms with Crippen LogP contribution in [0, 0.1) is 0 Å². The molecule has 0 radical (unpaired) electrons. The lowest BCUT2D eigenvalue weighted by molar-refractivity contribution is 0.104. The number of piperazine rings is 1. The van der Waals surface area contributed by atoms with Crippen LogP contribution >= 0.6 is 0 Å². The molecule has 2 aliphatic heterocycles. The first kappa shape index (κ1) is 14.7. The van der Waals surface area contributed by atoms with Crippen molar-refractivity contribution >= 4 is 5.69 Å². The average molecular weight is 289 g/mol. The zero-order valence-electron chi connectivity index (χ0n) is 13.3. The van der Waals surface area contributed by atoms with Crippen molar-refractivity contribution in [1.29, 1.82) is 0 Å². The van der Waals surface area contributed by atoms with Crippen molar-refractivity contribution in [3.05, 3.63) is 24.3 Å². The van der Waals surface area contributed by atoms with Crippen molar-refractivity contribution in [1.82, 2.24) is 9.80 Å². The Balaban J connectivity index is 1.70. The smallest absolute Gasteiger partial charge is 0.143 e. The standard InChI is InChI=1S/C17H27N3O/c1-18-10-12-20(13-11-18)16-7-3-4-8-17(16)21-15-6-5-9-19(2)14-15/h3-4,7-8,15H,5-6,9-14H2,1-2H3. The van der Waals surface area contributed by atoms with E-state index >= 15 is 0 Å². The van der Waals surface area contributed by atoms with E-state index in [0.29, 0.717) is 6.10 Å². The van der Waals surface area contributed by atoms with Gasteiger partial charge in [-0.15, -0.1) is 0 Å². The molecule has 116 valence electrons. The Kier molecular flexibility index (Phi) is 4.66. The van der Waals surface area contributed by atoms with Crippen molar-refractivity contribution in [2.75, 3.05) is 58.3 Å². The molecule has 2 fully saturated rings. The monoisotopic (exact) mass is 289 g/mol. The van der Waals surface area contributed by atoms with Gasteiger partial charge in [0.1, 0.15) is 11.9 Å². The predicted molar refractivity (Wildman–Crippen MR) is 87.3 cm³/mol. The van der Waals surface area contributed by atoms with Gasteiger partial charge in [-0.3, -0.25) is 0 Å². The third-order valence-electron chi connectivity index (χ3n) is 4.58. The van der Waals surface area contributed by atoms with Gasteiger partial charge < -0.3 is 19.4 Å². The Morgan fingerprint density at radius 1 is 0.952 bits per heavy atom. The Morgan fingerprint density at radius 3 is 2.48 bits per heavy atom. The molecule has 0 aromatic heterocycles. The molecule has 4 nitrogen and oxygen atoms in total. The van der Waals surface area contributed by atoms with Crippen LogP contribution in [0.3, 0.4) is 0 Å². The summed E-state index contributed by atoms with van der Waals surface area (Å²) in [5, 5.41) is 0. The van der Waals surface area contributed by atoms with E-state index in [-0.39, 0.29) is 0 Å². The van der Waals surface area contributed by atoms with Crippen LogP contribution in [0.5, 0.6) is 5.75 Å². The zero-order valence-corrected chi connectivity index (χ0v) is 13.3. The molecular weight excluding hydrogens is 262 g/mol. The van der Waals surface area contributed by atoms with Gasteiger partial charge in [-0.2, -0.15) is 0 Å². The second kappa shape index (κ2) is 6.67. The number of para-hydroxylation sites is 2. The van der Waals surface area contributed by atoms with E-state index in [0.717, 1.165) is 38.5 Å².